The standard InChI is InChI=1S/C23H20N2O5S/c1-2-16-7-10-18(11-8-16)31(27,28)25-20-6-4-3-5-19(20)23(26)24-14-17-9-12-21-22(13-17)30-15-29-21/h2-13,25H,1,14-15H2,(H,24,26). The van der Waals surface area contributed by atoms with E-state index in [9.17, 15) is 13.2 Å². The third kappa shape index (κ3) is 4.54. The Morgan fingerprint density at radius 1 is 1.00 bits per heavy atom. The van der Waals surface area contributed by atoms with E-state index in [-0.39, 0.29) is 29.5 Å². The summed E-state index contributed by atoms with van der Waals surface area (Å²) >= 11 is 0. The molecule has 0 unspecified atom stereocenters. The number of hydrogen-bond acceptors (Lipinski definition) is 5. The van der Waals surface area contributed by atoms with Gasteiger partial charge in [0.2, 0.25) is 6.79 Å². The average Bonchev–Trinajstić information content (AvgIpc) is 3.25. The van der Waals surface area contributed by atoms with Crippen LogP contribution < -0.4 is 19.5 Å². The number of ether oxygens (including phenoxy) is 2. The molecule has 3 aromatic carbocycles. The van der Waals surface area contributed by atoms with Gasteiger partial charge < -0.3 is 14.8 Å². The van der Waals surface area contributed by atoms with Gasteiger partial charge in [-0.2, -0.15) is 0 Å². The molecule has 1 amide bonds. The van der Waals surface area contributed by atoms with Crippen LogP contribution in [-0.4, -0.2) is 21.1 Å². The van der Waals surface area contributed by atoms with Gasteiger partial charge in [0.1, 0.15) is 0 Å². The van der Waals surface area contributed by atoms with E-state index in [0.29, 0.717) is 11.5 Å². The van der Waals surface area contributed by atoms with Crippen molar-refractivity contribution in [3.63, 3.8) is 0 Å². The third-order valence-electron chi connectivity index (χ3n) is 4.73. The monoisotopic (exact) mass is 436 g/mol. The molecule has 158 valence electrons. The predicted molar refractivity (Wildman–Crippen MR) is 118 cm³/mol. The summed E-state index contributed by atoms with van der Waals surface area (Å²) in [6.45, 7) is 4.08. The third-order valence-corrected chi connectivity index (χ3v) is 6.11. The first-order valence-electron chi connectivity index (χ1n) is 9.47. The number of carbonyl (C=O) groups excluding carboxylic acids is 1. The summed E-state index contributed by atoms with van der Waals surface area (Å²) in [5.74, 6) is 0.885. The van der Waals surface area contributed by atoms with Gasteiger partial charge in [-0.1, -0.05) is 43.0 Å². The van der Waals surface area contributed by atoms with Gasteiger partial charge in [0, 0.05) is 6.54 Å². The van der Waals surface area contributed by atoms with E-state index in [1.807, 2.05) is 6.07 Å². The molecular weight excluding hydrogens is 416 g/mol. The SMILES string of the molecule is C=Cc1ccc(S(=O)(=O)Nc2ccccc2C(=O)NCc2ccc3c(c2)OCO3)cc1. The van der Waals surface area contributed by atoms with E-state index < -0.39 is 15.9 Å². The first-order chi connectivity index (χ1) is 15.0. The second kappa shape index (κ2) is 8.53. The fourth-order valence-electron chi connectivity index (χ4n) is 3.09. The highest BCUT2D eigenvalue weighted by atomic mass is 32.2. The Morgan fingerprint density at radius 3 is 2.52 bits per heavy atom. The molecule has 0 spiro atoms. The fraction of sp³-hybridized carbons (Fsp3) is 0.0870. The van der Waals surface area contributed by atoms with Crippen LogP contribution in [0.4, 0.5) is 5.69 Å². The van der Waals surface area contributed by atoms with Crippen molar-refractivity contribution in [2.45, 2.75) is 11.4 Å². The Balaban J connectivity index is 1.49. The van der Waals surface area contributed by atoms with Crippen LogP contribution in [0, 0.1) is 0 Å². The number of nitrogens with one attached hydrogen (secondary N) is 2. The van der Waals surface area contributed by atoms with Crippen molar-refractivity contribution in [1.29, 1.82) is 0 Å². The van der Waals surface area contributed by atoms with E-state index in [1.54, 1.807) is 54.6 Å². The van der Waals surface area contributed by atoms with Gasteiger partial charge in [0.25, 0.3) is 15.9 Å². The molecule has 7 nitrogen and oxygen atoms in total. The molecule has 1 aliphatic heterocycles. The minimum Gasteiger partial charge on any atom is -0.454 e. The van der Waals surface area contributed by atoms with Gasteiger partial charge in [0.05, 0.1) is 16.1 Å². The lowest BCUT2D eigenvalue weighted by atomic mass is 10.1. The van der Waals surface area contributed by atoms with Gasteiger partial charge in [-0.05, 0) is 47.5 Å². The van der Waals surface area contributed by atoms with Gasteiger partial charge >= 0.3 is 0 Å². The molecule has 1 heterocycles. The molecule has 0 aliphatic carbocycles. The molecular formula is C23H20N2O5S. The number of carbonyl (C=O) groups is 1. The van der Waals surface area contributed by atoms with Crippen LogP contribution in [0.2, 0.25) is 0 Å². The fourth-order valence-corrected chi connectivity index (χ4v) is 4.17. The van der Waals surface area contributed by atoms with Crippen LogP contribution in [-0.2, 0) is 16.6 Å². The van der Waals surface area contributed by atoms with Crippen molar-refractivity contribution in [2.75, 3.05) is 11.5 Å². The van der Waals surface area contributed by atoms with E-state index in [4.69, 9.17) is 9.47 Å². The molecule has 2 N–H and O–H groups in total. The minimum absolute atomic E-state index is 0.0914. The van der Waals surface area contributed by atoms with Crippen molar-refractivity contribution >= 4 is 27.7 Å². The van der Waals surface area contributed by atoms with Crippen molar-refractivity contribution in [2.24, 2.45) is 0 Å². The zero-order valence-corrected chi connectivity index (χ0v) is 17.3. The molecule has 0 saturated heterocycles. The largest absolute Gasteiger partial charge is 0.454 e. The highest BCUT2D eigenvalue weighted by molar-refractivity contribution is 7.92. The summed E-state index contributed by atoms with van der Waals surface area (Å²) in [6.07, 6.45) is 1.63. The number of hydrogen-bond donors (Lipinski definition) is 2. The Bertz CT molecular complexity index is 1240. The van der Waals surface area contributed by atoms with Crippen LogP contribution >= 0.6 is 0 Å². The van der Waals surface area contributed by atoms with E-state index in [1.165, 1.54) is 12.1 Å². The zero-order valence-electron chi connectivity index (χ0n) is 16.5. The second-order valence-corrected chi connectivity index (χ2v) is 8.48. The molecule has 3 aromatic rings. The molecule has 0 fully saturated rings. The van der Waals surface area contributed by atoms with Crippen LogP contribution in [0.5, 0.6) is 11.5 Å². The summed E-state index contributed by atoms with van der Waals surface area (Å²) in [4.78, 5) is 12.9. The van der Waals surface area contributed by atoms with E-state index in [2.05, 4.69) is 16.6 Å². The lowest BCUT2D eigenvalue weighted by Crippen LogP contribution is -2.25. The first kappa shape index (κ1) is 20.5. The molecule has 0 radical (unpaired) electrons. The number of anilines is 1. The van der Waals surface area contributed by atoms with Crippen LogP contribution in [0.15, 0.2) is 78.2 Å². The normalized spacial score (nSPS) is 12.3. The van der Waals surface area contributed by atoms with Crippen LogP contribution in [0.25, 0.3) is 6.08 Å². The lowest BCUT2D eigenvalue weighted by molar-refractivity contribution is 0.0951. The maximum absolute atomic E-state index is 12.8. The number of amides is 1. The Morgan fingerprint density at radius 2 is 1.74 bits per heavy atom. The van der Waals surface area contributed by atoms with Gasteiger partial charge in [0.15, 0.2) is 11.5 Å². The molecule has 0 atom stereocenters. The topological polar surface area (TPSA) is 93.7 Å². The predicted octanol–water partition coefficient (Wildman–Crippen LogP) is 3.79. The average molecular weight is 436 g/mol. The molecule has 4 rings (SSSR count). The van der Waals surface area contributed by atoms with Gasteiger partial charge in [-0.3, -0.25) is 9.52 Å². The summed E-state index contributed by atoms with van der Waals surface area (Å²) in [5, 5.41) is 2.81. The van der Waals surface area contributed by atoms with Gasteiger partial charge in [-0.15, -0.1) is 0 Å². The highest BCUT2D eigenvalue weighted by Gasteiger charge is 2.19. The minimum atomic E-state index is -3.86. The number of sulfonamides is 1. The second-order valence-electron chi connectivity index (χ2n) is 6.79. The van der Waals surface area contributed by atoms with E-state index >= 15 is 0 Å². The summed E-state index contributed by atoms with van der Waals surface area (Å²) in [6, 6.07) is 18.1. The molecule has 0 saturated carbocycles. The number of fused-ring (bicyclic) bond motifs is 1. The number of benzene rings is 3. The van der Waals surface area contributed by atoms with Gasteiger partial charge in [-0.25, -0.2) is 8.42 Å². The van der Waals surface area contributed by atoms with Crippen LogP contribution in [0.1, 0.15) is 21.5 Å². The first-order valence-corrected chi connectivity index (χ1v) is 11.0. The Labute approximate surface area is 180 Å². The summed E-state index contributed by atoms with van der Waals surface area (Å²) in [5.41, 5.74) is 2.05. The Kier molecular flexibility index (Phi) is 5.64. The van der Waals surface area contributed by atoms with Crippen molar-refractivity contribution < 1.29 is 22.7 Å². The highest BCUT2D eigenvalue weighted by Crippen LogP contribution is 2.32. The molecule has 1 aliphatic rings. The number of para-hydroxylation sites is 1. The molecule has 31 heavy (non-hydrogen) atoms. The maximum Gasteiger partial charge on any atom is 0.261 e. The van der Waals surface area contributed by atoms with Crippen molar-refractivity contribution in [1.82, 2.24) is 5.32 Å². The van der Waals surface area contributed by atoms with E-state index in [0.717, 1.165) is 11.1 Å². The summed E-state index contributed by atoms with van der Waals surface area (Å²) < 4.78 is 38.7. The smallest absolute Gasteiger partial charge is 0.261 e. The van der Waals surface area contributed by atoms with Crippen LogP contribution in [0.3, 0.4) is 0 Å². The van der Waals surface area contributed by atoms with Crippen molar-refractivity contribution in [3.8, 4) is 11.5 Å². The van der Waals surface area contributed by atoms with Crippen molar-refractivity contribution in [3.05, 3.63) is 90.0 Å². The molecule has 0 bridgehead atoms. The molecule has 8 heteroatoms. The quantitative estimate of drug-likeness (QED) is 0.588. The maximum atomic E-state index is 12.8. The lowest BCUT2D eigenvalue weighted by Gasteiger charge is -2.13. The zero-order chi connectivity index (χ0) is 21.8. The number of rotatable bonds is 7. The Hall–Kier alpha value is -3.78. The molecule has 0 aromatic heterocycles. The summed E-state index contributed by atoms with van der Waals surface area (Å²) in [7, 11) is -3.86.